The minimum atomic E-state index is 0.130. The van der Waals surface area contributed by atoms with Crippen LogP contribution in [0.25, 0.3) is 5.69 Å². The molecule has 1 aromatic heterocycles. The van der Waals surface area contributed by atoms with E-state index in [2.05, 4.69) is 21.7 Å². The van der Waals surface area contributed by atoms with E-state index in [0.29, 0.717) is 10.6 Å². The summed E-state index contributed by atoms with van der Waals surface area (Å²) in [6, 6.07) is 7.32. The minimum Gasteiger partial charge on any atom is -0.309 e. The number of benzene rings is 1. The first kappa shape index (κ1) is 14.5. The summed E-state index contributed by atoms with van der Waals surface area (Å²) < 4.78 is 1.70. The van der Waals surface area contributed by atoms with E-state index >= 15 is 0 Å². The van der Waals surface area contributed by atoms with Gasteiger partial charge in [0.05, 0.1) is 34.1 Å². The summed E-state index contributed by atoms with van der Waals surface area (Å²) in [4.78, 5) is 0. The Labute approximate surface area is 123 Å². The molecule has 0 radical (unpaired) electrons. The number of nitrogens with one attached hydrogen (secondary N) is 1. The van der Waals surface area contributed by atoms with Crippen LogP contribution in [0.5, 0.6) is 0 Å². The quantitative estimate of drug-likeness (QED) is 0.940. The van der Waals surface area contributed by atoms with Crippen LogP contribution in [-0.2, 0) is 0 Å². The molecular formula is C14H16ClN5. The number of halogens is 1. The van der Waals surface area contributed by atoms with Crippen LogP contribution in [0.1, 0.15) is 36.8 Å². The van der Waals surface area contributed by atoms with Gasteiger partial charge in [0.2, 0.25) is 0 Å². The van der Waals surface area contributed by atoms with E-state index < -0.39 is 0 Å². The van der Waals surface area contributed by atoms with Crippen molar-refractivity contribution in [2.45, 2.75) is 26.8 Å². The third-order valence-electron chi connectivity index (χ3n) is 3.16. The van der Waals surface area contributed by atoms with E-state index in [4.69, 9.17) is 16.9 Å². The summed E-state index contributed by atoms with van der Waals surface area (Å²) in [5, 5.41) is 21.0. The predicted octanol–water partition coefficient (Wildman–Crippen LogP) is 2.77. The van der Waals surface area contributed by atoms with Gasteiger partial charge in [0.15, 0.2) is 0 Å². The SMILES string of the molecule is CCNC(C)c1nnn(-c2ccc(C#N)cc2Cl)c1C. The maximum Gasteiger partial charge on any atom is 0.103 e. The van der Waals surface area contributed by atoms with Crippen LogP contribution in [0, 0.1) is 18.3 Å². The monoisotopic (exact) mass is 289 g/mol. The van der Waals surface area contributed by atoms with Crippen molar-refractivity contribution < 1.29 is 0 Å². The van der Waals surface area contributed by atoms with Gasteiger partial charge in [-0.3, -0.25) is 0 Å². The summed E-state index contributed by atoms with van der Waals surface area (Å²) in [6.45, 7) is 6.92. The molecule has 0 aliphatic rings. The molecule has 104 valence electrons. The highest BCUT2D eigenvalue weighted by atomic mass is 35.5. The van der Waals surface area contributed by atoms with E-state index in [-0.39, 0.29) is 6.04 Å². The number of hydrogen-bond acceptors (Lipinski definition) is 4. The van der Waals surface area contributed by atoms with Gasteiger partial charge in [-0.1, -0.05) is 23.7 Å². The van der Waals surface area contributed by atoms with E-state index in [9.17, 15) is 0 Å². The maximum atomic E-state index is 8.86. The molecular weight excluding hydrogens is 274 g/mol. The van der Waals surface area contributed by atoms with Crippen molar-refractivity contribution in [3.05, 3.63) is 40.2 Å². The largest absolute Gasteiger partial charge is 0.309 e. The van der Waals surface area contributed by atoms with Crippen molar-refractivity contribution >= 4 is 11.6 Å². The lowest BCUT2D eigenvalue weighted by molar-refractivity contribution is 0.579. The molecule has 5 nitrogen and oxygen atoms in total. The lowest BCUT2D eigenvalue weighted by atomic mass is 10.2. The number of nitrogens with zero attached hydrogens (tertiary/aromatic N) is 4. The standard InChI is InChI=1S/C14H16ClN5/c1-4-17-9(2)14-10(3)20(19-18-14)13-6-5-11(8-16)7-12(13)15/h5-7,9,17H,4H2,1-3H3. The number of nitriles is 1. The Kier molecular flexibility index (Phi) is 4.38. The summed E-state index contributed by atoms with van der Waals surface area (Å²) in [5.41, 5.74) is 3.08. The van der Waals surface area contributed by atoms with Crippen LogP contribution in [0.3, 0.4) is 0 Å². The number of rotatable bonds is 4. The second-order valence-corrected chi connectivity index (χ2v) is 4.94. The van der Waals surface area contributed by atoms with Crippen LogP contribution >= 0.6 is 11.6 Å². The number of aromatic nitrogens is 3. The van der Waals surface area contributed by atoms with Crippen LogP contribution < -0.4 is 5.32 Å². The highest BCUT2D eigenvalue weighted by molar-refractivity contribution is 6.32. The highest BCUT2D eigenvalue weighted by Gasteiger charge is 2.16. The summed E-state index contributed by atoms with van der Waals surface area (Å²) in [7, 11) is 0. The third-order valence-corrected chi connectivity index (χ3v) is 3.46. The zero-order valence-corrected chi connectivity index (χ0v) is 12.4. The Hall–Kier alpha value is -1.90. The zero-order valence-electron chi connectivity index (χ0n) is 11.7. The Morgan fingerprint density at radius 3 is 2.85 bits per heavy atom. The summed E-state index contributed by atoms with van der Waals surface area (Å²) in [6.07, 6.45) is 0. The molecule has 0 saturated carbocycles. The first-order valence-corrected chi connectivity index (χ1v) is 6.81. The van der Waals surface area contributed by atoms with Gasteiger partial charge in [0.25, 0.3) is 0 Å². The average Bonchev–Trinajstić information content (AvgIpc) is 2.80. The van der Waals surface area contributed by atoms with Crippen LogP contribution in [0.4, 0.5) is 0 Å². The molecule has 1 unspecified atom stereocenters. The number of hydrogen-bond donors (Lipinski definition) is 1. The summed E-state index contributed by atoms with van der Waals surface area (Å²) >= 11 is 6.21. The van der Waals surface area contributed by atoms with Crippen molar-refractivity contribution in [2.24, 2.45) is 0 Å². The Morgan fingerprint density at radius 2 is 2.25 bits per heavy atom. The average molecular weight is 290 g/mol. The van der Waals surface area contributed by atoms with Crippen LogP contribution in [-0.4, -0.2) is 21.5 Å². The highest BCUT2D eigenvalue weighted by Crippen LogP contribution is 2.24. The van der Waals surface area contributed by atoms with Gasteiger partial charge in [-0.15, -0.1) is 5.10 Å². The van der Waals surface area contributed by atoms with E-state index in [1.165, 1.54) is 0 Å². The van der Waals surface area contributed by atoms with Gasteiger partial charge in [-0.25, -0.2) is 4.68 Å². The molecule has 0 saturated heterocycles. The molecule has 0 bridgehead atoms. The van der Waals surface area contributed by atoms with Crippen LogP contribution in [0.15, 0.2) is 18.2 Å². The fraction of sp³-hybridized carbons (Fsp3) is 0.357. The first-order valence-electron chi connectivity index (χ1n) is 6.44. The molecule has 0 amide bonds. The molecule has 0 aliphatic carbocycles. The van der Waals surface area contributed by atoms with Crippen molar-refractivity contribution in [3.8, 4) is 11.8 Å². The lowest BCUT2D eigenvalue weighted by Gasteiger charge is -2.11. The van der Waals surface area contributed by atoms with Gasteiger partial charge in [0.1, 0.15) is 5.69 Å². The molecule has 20 heavy (non-hydrogen) atoms. The predicted molar refractivity (Wildman–Crippen MR) is 77.9 cm³/mol. The lowest BCUT2D eigenvalue weighted by Crippen LogP contribution is -2.19. The van der Waals surface area contributed by atoms with Gasteiger partial charge >= 0.3 is 0 Å². The molecule has 1 heterocycles. The van der Waals surface area contributed by atoms with E-state index in [1.54, 1.807) is 22.9 Å². The zero-order chi connectivity index (χ0) is 14.7. The normalized spacial score (nSPS) is 12.2. The summed E-state index contributed by atoms with van der Waals surface area (Å²) in [5.74, 6) is 0. The van der Waals surface area contributed by atoms with E-state index in [1.807, 2.05) is 20.8 Å². The molecule has 1 N–H and O–H groups in total. The molecule has 1 aromatic carbocycles. The molecule has 0 spiro atoms. The fourth-order valence-corrected chi connectivity index (χ4v) is 2.38. The first-order chi connectivity index (χ1) is 9.58. The van der Waals surface area contributed by atoms with Gasteiger partial charge in [0, 0.05) is 0 Å². The smallest absolute Gasteiger partial charge is 0.103 e. The van der Waals surface area contributed by atoms with Gasteiger partial charge in [-0.05, 0) is 38.6 Å². The fourth-order valence-electron chi connectivity index (χ4n) is 2.12. The van der Waals surface area contributed by atoms with Crippen molar-refractivity contribution in [1.82, 2.24) is 20.3 Å². The molecule has 2 rings (SSSR count). The minimum absolute atomic E-state index is 0.130. The van der Waals surface area contributed by atoms with Gasteiger partial charge < -0.3 is 5.32 Å². The molecule has 0 aliphatic heterocycles. The topological polar surface area (TPSA) is 66.5 Å². The maximum absolute atomic E-state index is 8.86. The molecule has 2 aromatic rings. The second-order valence-electron chi connectivity index (χ2n) is 4.53. The molecule has 1 atom stereocenters. The van der Waals surface area contributed by atoms with Gasteiger partial charge in [-0.2, -0.15) is 5.26 Å². The van der Waals surface area contributed by atoms with Crippen molar-refractivity contribution in [3.63, 3.8) is 0 Å². The second kappa shape index (κ2) is 6.04. The van der Waals surface area contributed by atoms with Crippen LogP contribution in [0.2, 0.25) is 5.02 Å². The van der Waals surface area contributed by atoms with E-state index in [0.717, 1.165) is 23.6 Å². The molecule has 0 fully saturated rings. The third kappa shape index (κ3) is 2.67. The molecule has 6 heteroatoms. The van der Waals surface area contributed by atoms with Crippen molar-refractivity contribution in [2.75, 3.05) is 6.54 Å². The Balaban J connectivity index is 2.42. The Morgan fingerprint density at radius 1 is 1.50 bits per heavy atom. The Bertz CT molecular complexity index is 656. The van der Waals surface area contributed by atoms with Crippen molar-refractivity contribution in [1.29, 1.82) is 5.26 Å².